The smallest absolute Gasteiger partial charge is 0.181 e. The lowest BCUT2D eigenvalue weighted by molar-refractivity contribution is 0.601. The third-order valence-electron chi connectivity index (χ3n) is 1.69. The van der Waals surface area contributed by atoms with Gasteiger partial charge in [0.05, 0.1) is 5.69 Å². The maximum absolute atomic E-state index is 11.3. The summed E-state index contributed by atoms with van der Waals surface area (Å²) in [4.78, 5) is 0.148. The van der Waals surface area contributed by atoms with Gasteiger partial charge >= 0.3 is 0 Å². The average Bonchev–Trinajstić information content (AvgIpc) is 2.31. The van der Waals surface area contributed by atoms with Crippen molar-refractivity contribution in [2.75, 3.05) is 12.0 Å². The summed E-state index contributed by atoms with van der Waals surface area (Å²) in [7, 11) is -3.26. The highest BCUT2D eigenvalue weighted by Crippen LogP contribution is 2.20. The number of aryl methyl sites for hydroxylation is 1. The molecule has 74 valence electrons. The van der Waals surface area contributed by atoms with Crippen molar-refractivity contribution in [3.8, 4) is 0 Å². The minimum Gasteiger partial charge on any atom is -0.381 e. The summed E-state index contributed by atoms with van der Waals surface area (Å²) in [5, 5.41) is 6.30. The molecule has 0 aromatic carbocycles. The first kappa shape index (κ1) is 10.0. The van der Waals surface area contributed by atoms with Crippen LogP contribution in [0, 0.1) is 0 Å². The van der Waals surface area contributed by atoms with Crippen molar-refractivity contribution in [2.45, 2.75) is 24.7 Å². The number of H-pyrrole nitrogens is 1. The van der Waals surface area contributed by atoms with Gasteiger partial charge in [-0.15, -0.1) is 0 Å². The van der Waals surface area contributed by atoms with Crippen LogP contribution < -0.4 is 5.73 Å². The molecule has 3 N–H and O–H groups in total. The molecule has 5 nitrogen and oxygen atoms in total. The van der Waals surface area contributed by atoms with Gasteiger partial charge in [0.15, 0.2) is 15.7 Å². The molecule has 0 atom stereocenters. The van der Waals surface area contributed by atoms with Gasteiger partial charge < -0.3 is 5.73 Å². The minimum atomic E-state index is -3.26. The number of nitrogens with one attached hydrogen (secondary N) is 1. The summed E-state index contributed by atoms with van der Waals surface area (Å²) in [6.45, 7) is 1.96. The number of sulfone groups is 1. The molecule has 0 aliphatic carbocycles. The van der Waals surface area contributed by atoms with Crippen LogP contribution in [0.2, 0.25) is 0 Å². The zero-order valence-electron chi connectivity index (χ0n) is 7.66. The molecule has 0 saturated carbocycles. The number of nitrogens with two attached hydrogens (primary N) is 1. The van der Waals surface area contributed by atoms with E-state index in [1.54, 1.807) is 0 Å². The van der Waals surface area contributed by atoms with Crippen LogP contribution in [0.5, 0.6) is 0 Å². The molecule has 0 radical (unpaired) electrons. The van der Waals surface area contributed by atoms with Crippen LogP contribution in [0.3, 0.4) is 0 Å². The van der Waals surface area contributed by atoms with Crippen LogP contribution >= 0.6 is 0 Å². The maximum Gasteiger partial charge on any atom is 0.181 e. The summed E-state index contributed by atoms with van der Waals surface area (Å²) in [5.41, 5.74) is 6.04. The Kier molecular flexibility index (Phi) is 2.60. The van der Waals surface area contributed by atoms with Crippen molar-refractivity contribution >= 4 is 15.7 Å². The molecule has 0 fully saturated rings. The lowest BCUT2D eigenvalue weighted by Crippen LogP contribution is -2.03. The SMILES string of the molecule is CCCc1[nH]nc(N)c1S(C)(=O)=O. The fourth-order valence-electron chi connectivity index (χ4n) is 1.22. The van der Waals surface area contributed by atoms with E-state index in [1.807, 2.05) is 6.92 Å². The normalized spacial score (nSPS) is 11.8. The first-order valence-electron chi connectivity index (χ1n) is 3.99. The molecule has 6 heteroatoms. The molecule has 0 spiro atoms. The number of anilines is 1. The second-order valence-corrected chi connectivity index (χ2v) is 4.89. The van der Waals surface area contributed by atoms with E-state index in [4.69, 9.17) is 5.73 Å². The number of nitrogen functional groups attached to an aromatic ring is 1. The number of hydrogen-bond acceptors (Lipinski definition) is 4. The Balaban J connectivity index is 3.25. The van der Waals surface area contributed by atoms with Crippen molar-refractivity contribution in [2.24, 2.45) is 0 Å². The Morgan fingerprint density at radius 1 is 1.54 bits per heavy atom. The highest BCUT2D eigenvalue weighted by molar-refractivity contribution is 7.91. The monoisotopic (exact) mass is 203 g/mol. The number of rotatable bonds is 3. The van der Waals surface area contributed by atoms with Crippen molar-refractivity contribution in [1.29, 1.82) is 0 Å². The van der Waals surface area contributed by atoms with Crippen LogP contribution in [-0.2, 0) is 16.3 Å². The van der Waals surface area contributed by atoms with E-state index in [1.165, 1.54) is 0 Å². The molecule has 13 heavy (non-hydrogen) atoms. The van der Waals surface area contributed by atoms with Gasteiger partial charge in [-0.3, -0.25) is 5.10 Å². The van der Waals surface area contributed by atoms with E-state index < -0.39 is 9.84 Å². The van der Waals surface area contributed by atoms with E-state index in [9.17, 15) is 8.42 Å². The van der Waals surface area contributed by atoms with E-state index in [0.29, 0.717) is 12.1 Å². The Labute approximate surface area is 77.3 Å². The predicted octanol–water partition coefficient (Wildman–Crippen LogP) is 0.348. The summed E-state index contributed by atoms with van der Waals surface area (Å²) in [6.07, 6.45) is 2.63. The predicted molar refractivity (Wildman–Crippen MR) is 50.1 cm³/mol. The van der Waals surface area contributed by atoms with Crippen molar-refractivity contribution < 1.29 is 8.42 Å². The molecule has 0 aliphatic heterocycles. The molecule has 1 aromatic rings. The third-order valence-corrected chi connectivity index (χ3v) is 2.89. The Hall–Kier alpha value is -1.04. The van der Waals surface area contributed by atoms with Gasteiger partial charge in [0.1, 0.15) is 4.90 Å². The highest BCUT2D eigenvalue weighted by Gasteiger charge is 2.19. The lowest BCUT2D eigenvalue weighted by atomic mass is 10.2. The van der Waals surface area contributed by atoms with E-state index >= 15 is 0 Å². The van der Waals surface area contributed by atoms with Crippen LogP contribution in [0.1, 0.15) is 19.0 Å². The van der Waals surface area contributed by atoms with E-state index in [2.05, 4.69) is 10.2 Å². The highest BCUT2D eigenvalue weighted by atomic mass is 32.2. The summed E-state index contributed by atoms with van der Waals surface area (Å²) < 4.78 is 22.5. The van der Waals surface area contributed by atoms with E-state index in [-0.39, 0.29) is 10.7 Å². The quantitative estimate of drug-likeness (QED) is 0.741. The van der Waals surface area contributed by atoms with Crippen molar-refractivity contribution in [3.63, 3.8) is 0 Å². The number of nitrogens with zero attached hydrogens (tertiary/aromatic N) is 1. The minimum absolute atomic E-state index is 0.0611. The molecule has 1 aromatic heterocycles. The third kappa shape index (κ3) is 2.00. The average molecular weight is 203 g/mol. The largest absolute Gasteiger partial charge is 0.381 e. The molecule has 0 aliphatic rings. The van der Waals surface area contributed by atoms with Gasteiger partial charge in [0.2, 0.25) is 0 Å². The second kappa shape index (κ2) is 3.37. The molecule has 0 amide bonds. The Morgan fingerprint density at radius 3 is 2.62 bits per heavy atom. The molecule has 0 bridgehead atoms. The summed E-state index contributed by atoms with van der Waals surface area (Å²) in [6, 6.07) is 0. The summed E-state index contributed by atoms with van der Waals surface area (Å²) >= 11 is 0. The maximum atomic E-state index is 11.3. The van der Waals surface area contributed by atoms with E-state index in [0.717, 1.165) is 12.7 Å². The number of aromatic amines is 1. The van der Waals surface area contributed by atoms with Crippen LogP contribution in [-0.4, -0.2) is 24.9 Å². The zero-order chi connectivity index (χ0) is 10.1. The van der Waals surface area contributed by atoms with Crippen LogP contribution in [0.25, 0.3) is 0 Å². The zero-order valence-corrected chi connectivity index (χ0v) is 8.48. The lowest BCUT2D eigenvalue weighted by Gasteiger charge is -1.98. The first-order valence-corrected chi connectivity index (χ1v) is 5.88. The summed E-state index contributed by atoms with van der Waals surface area (Å²) in [5.74, 6) is 0.0611. The standard InChI is InChI=1S/C7H13N3O2S/c1-3-4-5-6(13(2,11)12)7(8)10-9-5/h3-4H2,1-2H3,(H3,8,9,10). The van der Waals surface area contributed by atoms with Gasteiger partial charge in [0, 0.05) is 6.26 Å². The van der Waals surface area contributed by atoms with Gasteiger partial charge in [-0.2, -0.15) is 5.10 Å². The van der Waals surface area contributed by atoms with Crippen molar-refractivity contribution in [3.05, 3.63) is 5.69 Å². The van der Waals surface area contributed by atoms with Gasteiger partial charge in [-0.1, -0.05) is 13.3 Å². The number of aromatic nitrogens is 2. The van der Waals surface area contributed by atoms with Gasteiger partial charge in [0.25, 0.3) is 0 Å². The van der Waals surface area contributed by atoms with Gasteiger partial charge in [-0.25, -0.2) is 8.42 Å². The number of hydrogen-bond donors (Lipinski definition) is 2. The van der Waals surface area contributed by atoms with Crippen LogP contribution in [0.4, 0.5) is 5.82 Å². The topological polar surface area (TPSA) is 88.8 Å². The van der Waals surface area contributed by atoms with Gasteiger partial charge in [-0.05, 0) is 6.42 Å². The molecular weight excluding hydrogens is 190 g/mol. The molecule has 1 rings (SSSR count). The fourth-order valence-corrected chi connectivity index (χ4v) is 2.24. The second-order valence-electron chi connectivity index (χ2n) is 2.94. The first-order chi connectivity index (χ1) is 5.96. The molecule has 0 unspecified atom stereocenters. The van der Waals surface area contributed by atoms with Crippen molar-refractivity contribution in [1.82, 2.24) is 10.2 Å². The molecule has 0 saturated heterocycles. The molecular formula is C7H13N3O2S. The Bertz CT molecular complexity index is 394. The fraction of sp³-hybridized carbons (Fsp3) is 0.571. The van der Waals surface area contributed by atoms with Crippen LogP contribution in [0.15, 0.2) is 4.90 Å². The Morgan fingerprint density at radius 2 is 2.15 bits per heavy atom. The molecule has 1 heterocycles.